The highest BCUT2D eigenvalue weighted by Crippen LogP contribution is 2.14. The zero-order valence-electron chi connectivity index (χ0n) is 9.25. The number of aromatic amines is 1. The molecule has 0 atom stereocenters. The van der Waals surface area contributed by atoms with E-state index in [4.69, 9.17) is 0 Å². The third-order valence-electron chi connectivity index (χ3n) is 2.92. The van der Waals surface area contributed by atoms with Crippen LogP contribution in [0.5, 0.6) is 0 Å². The first kappa shape index (κ1) is 9.97. The van der Waals surface area contributed by atoms with E-state index in [1.54, 1.807) is 6.33 Å². The average Bonchev–Trinajstić information content (AvgIpc) is 2.73. The van der Waals surface area contributed by atoms with Gasteiger partial charge in [0, 0.05) is 6.20 Å². The van der Waals surface area contributed by atoms with Crippen molar-refractivity contribution < 1.29 is 0 Å². The van der Waals surface area contributed by atoms with E-state index in [0.717, 1.165) is 18.5 Å². The summed E-state index contributed by atoms with van der Waals surface area (Å²) in [5.74, 6) is 0. The molecule has 0 aliphatic carbocycles. The lowest BCUT2D eigenvalue weighted by Gasteiger charge is -2.07. The standard InChI is InChI=1S/C13H16N2/c1-10-4-3-5-12(11(10)2)6-7-13-8-14-9-15-13/h3-5,8-9H,6-7H2,1-2H3,(H,14,15). The molecule has 0 aliphatic heterocycles. The predicted octanol–water partition coefficient (Wildman–Crippen LogP) is 2.81. The first-order chi connectivity index (χ1) is 7.27. The summed E-state index contributed by atoms with van der Waals surface area (Å²) in [4.78, 5) is 7.21. The maximum absolute atomic E-state index is 4.23. The van der Waals surface area contributed by atoms with E-state index in [0.29, 0.717) is 0 Å². The van der Waals surface area contributed by atoms with E-state index < -0.39 is 0 Å². The van der Waals surface area contributed by atoms with Crippen molar-refractivity contribution in [3.63, 3.8) is 0 Å². The average molecular weight is 200 g/mol. The van der Waals surface area contributed by atoms with Gasteiger partial charge < -0.3 is 4.98 Å². The van der Waals surface area contributed by atoms with Crippen molar-refractivity contribution in [1.29, 1.82) is 0 Å². The van der Waals surface area contributed by atoms with Crippen LogP contribution in [0.15, 0.2) is 30.7 Å². The van der Waals surface area contributed by atoms with E-state index in [2.05, 4.69) is 42.0 Å². The van der Waals surface area contributed by atoms with Crippen LogP contribution in [0.3, 0.4) is 0 Å². The Labute approximate surface area is 90.4 Å². The van der Waals surface area contributed by atoms with Crippen LogP contribution in [0.25, 0.3) is 0 Å². The van der Waals surface area contributed by atoms with Crippen LogP contribution in [0.4, 0.5) is 0 Å². The monoisotopic (exact) mass is 200 g/mol. The fourth-order valence-electron chi connectivity index (χ4n) is 1.77. The molecule has 2 nitrogen and oxygen atoms in total. The lowest BCUT2D eigenvalue weighted by molar-refractivity contribution is 0.914. The highest BCUT2D eigenvalue weighted by atomic mass is 14.9. The van der Waals surface area contributed by atoms with Gasteiger partial charge in [0.2, 0.25) is 0 Å². The van der Waals surface area contributed by atoms with Crippen molar-refractivity contribution in [2.75, 3.05) is 0 Å². The van der Waals surface area contributed by atoms with Crippen LogP contribution >= 0.6 is 0 Å². The molecule has 1 heterocycles. The van der Waals surface area contributed by atoms with Crippen molar-refractivity contribution in [2.24, 2.45) is 0 Å². The Morgan fingerprint density at radius 2 is 2.07 bits per heavy atom. The smallest absolute Gasteiger partial charge is 0.0923 e. The number of benzene rings is 1. The van der Waals surface area contributed by atoms with Gasteiger partial charge in [-0.3, -0.25) is 0 Å². The first-order valence-corrected chi connectivity index (χ1v) is 5.30. The molecular weight excluding hydrogens is 184 g/mol. The molecule has 0 unspecified atom stereocenters. The lowest BCUT2D eigenvalue weighted by Crippen LogP contribution is -1.95. The molecule has 1 N–H and O–H groups in total. The maximum Gasteiger partial charge on any atom is 0.0923 e. The normalized spacial score (nSPS) is 10.5. The number of aromatic nitrogens is 2. The third-order valence-corrected chi connectivity index (χ3v) is 2.92. The van der Waals surface area contributed by atoms with Gasteiger partial charge in [-0.05, 0) is 43.4 Å². The molecule has 2 heteroatoms. The number of H-pyrrole nitrogens is 1. The highest BCUT2D eigenvalue weighted by molar-refractivity contribution is 5.33. The van der Waals surface area contributed by atoms with E-state index in [1.165, 1.54) is 16.7 Å². The Hall–Kier alpha value is -1.57. The van der Waals surface area contributed by atoms with Crippen LogP contribution in [0.2, 0.25) is 0 Å². The molecule has 0 bridgehead atoms. The van der Waals surface area contributed by atoms with Crippen LogP contribution < -0.4 is 0 Å². The molecule has 1 aromatic carbocycles. The van der Waals surface area contributed by atoms with Crippen molar-refractivity contribution in [1.82, 2.24) is 9.97 Å². The molecule has 0 aliphatic rings. The minimum atomic E-state index is 1.01. The molecule has 1 aromatic heterocycles. The molecule has 0 fully saturated rings. The number of nitrogens with one attached hydrogen (secondary N) is 1. The summed E-state index contributed by atoms with van der Waals surface area (Å²) < 4.78 is 0. The van der Waals surface area contributed by atoms with Gasteiger partial charge in [-0.2, -0.15) is 0 Å². The molecule has 0 spiro atoms. The second-order valence-electron chi connectivity index (χ2n) is 3.92. The summed E-state index contributed by atoms with van der Waals surface area (Å²) in [7, 11) is 0. The van der Waals surface area contributed by atoms with Crippen molar-refractivity contribution in [2.45, 2.75) is 26.7 Å². The second kappa shape index (κ2) is 4.30. The molecule has 15 heavy (non-hydrogen) atoms. The number of nitrogens with zero attached hydrogens (tertiary/aromatic N) is 1. The quantitative estimate of drug-likeness (QED) is 0.811. The van der Waals surface area contributed by atoms with Crippen LogP contribution in [-0.4, -0.2) is 9.97 Å². The van der Waals surface area contributed by atoms with Gasteiger partial charge in [0.1, 0.15) is 0 Å². The minimum Gasteiger partial charge on any atom is -0.351 e. The molecule has 0 radical (unpaired) electrons. The zero-order chi connectivity index (χ0) is 10.7. The minimum absolute atomic E-state index is 1.01. The number of hydrogen-bond acceptors (Lipinski definition) is 1. The van der Waals surface area contributed by atoms with Crippen molar-refractivity contribution >= 4 is 0 Å². The van der Waals surface area contributed by atoms with Gasteiger partial charge in [-0.15, -0.1) is 0 Å². The molecule has 2 rings (SSSR count). The van der Waals surface area contributed by atoms with Crippen molar-refractivity contribution in [3.8, 4) is 0 Å². The summed E-state index contributed by atoms with van der Waals surface area (Å²) in [5, 5.41) is 0. The van der Waals surface area contributed by atoms with Gasteiger partial charge in [-0.1, -0.05) is 18.2 Å². The number of rotatable bonds is 3. The first-order valence-electron chi connectivity index (χ1n) is 5.30. The number of aryl methyl sites for hydroxylation is 3. The van der Waals surface area contributed by atoms with E-state index in [-0.39, 0.29) is 0 Å². The molecule has 0 saturated carbocycles. The molecular formula is C13H16N2. The van der Waals surface area contributed by atoms with Gasteiger partial charge in [0.05, 0.1) is 12.0 Å². The maximum atomic E-state index is 4.23. The molecule has 2 aromatic rings. The second-order valence-corrected chi connectivity index (χ2v) is 3.92. The summed E-state index contributed by atoms with van der Waals surface area (Å²) in [6.45, 7) is 4.35. The third kappa shape index (κ3) is 2.27. The fourth-order valence-corrected chi connectivity index (χ4v) is 1.77. The Kier molecular flexibility index (Phi) is 2.86. The topological polar surface area (TPSA) is 28.7 Å². The van der Waals surface area contributed by atoms with Gasteiger partial charge in [0.25, 0.3) is 0 Å². The number of hydrogen-bond donors (Lipinski definition) is 1. The van der Waals surface area contributed by atoms with Gasteiger partial charge in [0.15, 0.2) is 0 Å². The molecule has 78 valence electrons. The Morgan fingerprint density at radius 3 is 2.80 bits per heavy atom. The van der Waals surface area contributed by atoms with Crippen LogP contribution in [0.1, 0.15) is 22.4 Å². The van der Waals surface area contributed by atoms with E-state index in [1.807, 2.05) is 6.20 Å². The fraction of sp³-hybridized carbons (Fsp3) is 0.308. The summed E-state index contributed by atoms with van der Waals surface area (Å²) in [6, 6.07) is 6.49. The van der Waals surface area contributed by atoms with Crippen LogP contribution in [0, 0.1) is 13.8 Å². The summed E-state index contributed by atoms with van der Waals surface area (Å²) >= 11 is 0. The van der Waals surface area contributed by atoms with Crippen molar-refractivity contribution in [3.05, 3.63) is 53.1 Å². The summed E-state index contributed by atoms with van der Waals surface area (Å²) in [5.41, 5.74) is 5.34. The molecule has 0 amide bonds. The van der Waals surface area contributed by atoms with E-state index >= 15 is 0 Å². The predicted molar refractivity (Wildman–Crippen MR) is 61.9 cm³/mol. The van der Waals surface area contributed by atoms with Gasteiger partial charge in [-0.25, -0.2) is 4.98 Å². The highest BCUT2D eigenvalue weighted by Gasteiger charge is 2.01. The van der Waals surface area contributed by atoms with Crippen LogP contribution in [-0.2, 0) is 12.8 Å². The lowest BCUT2D eigenvalue weighted by atomic mass is 9.99. The number of imidazole rings is 1. The Bertz CT molecular complexity index is 430. The summed E-state index contributed by atoms with van der Waals surface area (Å²) in [6.07, 6.45) is 5.77. The Morgan fingerprint density at radius 1 is 1.20 bits per heavy atom. The van der Waals surface area contributed by atoms with E-state index in [9.17, 15) is 0 Å². The SMILES string of the molecule is Cc1cccc(CCc2c[nH]cn2)c1C. The van der Waals surface area contributed by atoms with Gasteiger partial charge >= 0.3 is 0 Å². The largest absolute Gasteiger partial charge is 0.351 e. The zero-order valence-corrected chi connectivity index (χ0v) is 9.25. The Balaban J connectivity index is 2.08. The molecule has 0 saturated heterocycles.